The van der Waals surface area contributed by atoms with E-state index in [1.165, 1.54) is 0 Å². The number of hydrogen-bond acceptors (Lipinski definition) is 6. The first kappa shape index (κ1) is 22.1. The lowest BCUT2D eigenvalue weighted by Gasteiger charge is -2.32. The van der Waals surface area contributed by atoms with Crippen LogP contribution in [0.1, 0.15) is 37.0 Å². The van der Waals surface area contributed by atoms with Crippen molar-refractivity contribution in [2.75, 3.05) is 39.5 Å². The molecule has 1 aliphatic rings. The zero-order valence-corrected chi connectivity index (χ0v) is 17.3. The number of piperidine rings is 1. The Balaban J connectivity index is 1.87. The van der Waals surface area contributed by atoms with Crippen LogP contribution in [-0.4, -0.2) is 61.4 Å². The number of likely N-dealkylation sites (tertiary alicyclic amines) is 1. The van der Waals surface area contributed by atoms with Crippen LogP contribution in [0.2, 0.25) is 0 Å². The molecule has 2 rings (SSSR count). The highest BCUT2D eigenvalue weighted by molar-refractivity contribution is 7.80. The van der Waals surface area contributed by atoms with Gasteiger partial charge in [0.2, 0.25) is 0 Å². The molecule has 1 amide bonds. The summed E-state index contributed by atoms with van der Waals surface area (Å²) in [6.07, 6.45) is 1.32. The molecule has 28 heavy (non-hydrogen) atoms. The summed E-state index contributed by atoms with van der Waals surface area (Å²) < 4.78 is 16.0. The lowest BCUT2D eigenvalue weighted by molar-refractivity contribution is -0.149. The van der Waals surface area contributed by atoms with E-state index in [1.54, 1.807) is 25.1 Å². The highest BCUT2D eigenvalue weighted by Gasteiger charge is 2.27. The van der Waals surface area contributed by atoms with Crippen molar-refractivity contribution >= 4 is 29.2 Å². The Morgan fingerprint density at radius 1 is 1.14 bits per heavy atom. The number of nitrogens with one attached hydrogen (secondary N) is 1. The fraction of sp³-hybridized carbons (Fsp3) is 0.550. The van der Waals surface area contributed by atoms with Crippen LogP contribution in [0.25, 0.3) is 0 Å². The van der Waals surface area contributed by atoms with Gasteiger partial charge >= 0.3 is 5.97 Å². The maximum atomic E-state index is 12.7. The average molecular weight is 409 g/mol. The molecule has 1 aliphatic heterocycles. The second-order valence-electron chi connectivity index (χ2n) is 6.31. The molecule has 0 radical (unpaired) electrons. The Hall–Kier alpha value is -2.19. The van der Waals surface area contributed by atoms with Crippen molar-refractivity contribution in [1.82, 2.24) is 10.2 Å². The van der Waals surface area contributed by atoms with Crippen molar-refractivity contribution < 1.29 is 23.8 Å². The first-order chi connectivity index (χ1) is 13.6. The van der Waals surface area contributed by atoms with Crippen molar-refractivity contribution in [3.05, 3.63) is 29.8 Å². The molecule has 0 saturated carbocycles. The third-order valence-electron chi connectivity index (χ3n) is 4.44. The SMILES string of the molecule is CCOCCOc1ccccc1C(=O)NC(=S)N1CCC(C(=O)OCC)CC1. The van der Waals surface area contributed by atoms with Crippen molar-refractivity contribution in [2.45, 2.75) is 26.7 Å². The van der Waals surface area contributed by atoms with Gasteiger partial charge in [0.25, 0.3) is 5.91 Å². The molecule has 0 bridgehead atoms. The molecular weight excluding hydrogens is 380 g/mol. The Bertz CT molecular complexity index is 674. The summed E-state index contributed by atoms with van der Waals surface area (Å²) in [4.78, 5) is 26.4. The van der Waals surface area contributed by atoms with E-state index in [2.05, 4.69) is 5.32 Å². The number of amides is 1. The van der Waals surface area contributed by atoms with Crippen LogP contribution in [0, 0.1) is 5.92 Å². The van der Waals surface area contributed by atoms with Crippen LogP contribution >= 0.6 is 12.2 Å². The van der Waals surface area contributed by atoms with Gasteiger partial charge in [0.1, 0.15) is 12.4 Å². The molecule has 1 saturated heterocycles. The van der Waals surface area contributed by atoms with E-state index in [-0.39, 0.29) is 17.8 Å². The normalized spacial score (nSPS) is 14.4. The van der Waals surface area contributed by atoms with Gasteiger partial charge in [-0.3, -0.25) is 14.9 Å². The fourth-order valence-corrected chi connectivity index (χ4v) is 3.23. The van der Waals surface area contributed by atoms with Gasteiger partial charge < -0.3 is 19.1 Å². The number of nitrogens with zero attached hydrogens (tertiary/aromatic N) is 1. The first-order valence-corrected chi connectivity index (χ1v) is 10.0. The Kier molecular flexibility index (Phi) is 9.16. The number of ether oxygens (including phenoxy) is 3. The number of esters is 1. The third kappa shape index (κ3) is 6.45. The van der Waals surface area contributed by atoms with Crippen LogP contribution in [0.4, 0.5) is 0 Å². The molecule has 0 aliphatic carbocycles. The summed E-state index contributed by atoms with van der Waals surface area (Å²) in [6.45, 7) is 6.76. The topological polar surface area (TPSA) is 77.1 Å². The van der Waals surface area contributed by atoms with Crippen molar-refractivity contribution in [3.8, 4) is 5.75 Å². The molecule has 1 fully saturated rings. The number of benzene rings is 1. The fourth-order valence-electron chi connectivity index (χ4n) is 2.96. The predicted octanol–water partition coefficient (Wildman–Crippen LogP) is 2.39. The molecule has 1 aromatic rings. The number of rotatable bonds is 8. The summed E-state index contributed by atoms with van der Waals surface area (Å²) in [5.74, 6) is -0.0857. The Morgan fingerprint density at radius 3 is 2.54 bits per heavy atom. The summed E-state index contributed by atoms with van der Waals surface area (Å²) in [7, 11) is 0. The van der Waals surface area contributed by atoms with E-state index >= 15 is 0 Å². The van der Waals surface area contributed by atoms with Crippen molar-refractivity contribution in [2.24, 2.45) is 5.92 Å². The van der Waals surface area contributed by atoms with Crippen LogP contribution in [0.3, 0.4) is 0 Å². The number of carbonyl (C=O) groups excluding carboxylic acids is 2. The highest BCUT2D eigenvalue weighted by Crippen LogP contribution is 2.20. The van der Waals surface area contributed by atoms with Gasteiger partial charge in [-0.25, -0.2) is 0 Å². The van der Waals surface area contributed by atoms with Crippen LogP contribution in [0.5, 0.6) is 5.75 Å². The second-order valence-corrected chi connectivity index (χ2v) is 6.70. The van der Waals surface area contributed by atoms with Crippen LogP contribution in [-0.2, 0) is 14.3 Å². The molecule has 8 heteroatoms. The van der Waals surface area contributed by atoms with Gasteiger partial charge in [-0.1, -0.05) is 12.1 Å². The van der Waals surface area contributed by atoms with Gasteiger partial charge in [0, 0.05) is 19.7 Å². The maximum Gasteiger partial charge on any atom is 0.309 e. The van der Waals surface area contributed by atoms with E-state index in [0.29, 0.717) is 68.8 Å². The predicted molar refractivity (Wildman–Crippen MR) is 109 cm³/mol. The number of carbonyl (C=O) groups is 2. The zero-order valence-electron chi connectivity index (χ0n) is 16.4. The molecule has 0 atom stereocenters. The van der Waals surface area contributed by atoms with Gasteiger partial charge in [0.05, 0.1) is 24.7 Å². The minimum Gasteiger partial charge on any atom is -0.490 e. The van der Waals surface area contributed by atoms with E-state index in [9.17, 15) is 9.59 Å². The second kappa shape index (κ2) is 11.6. The number of hydrogen-bond donors (Lipinski definition) is 1. The lowest BCUT2D eigenvalue weighted by Crippen LogP contribution is -2.47. The minimum atomic E-state index is -0.315. The Labute approximate surface area is 171 Å². The van der Waals surface area contributed by atoms with E-state index < -0.39 is 0 Å². The summed E-state index contributed by atoms with van der Waals surface area (Å²) in [6, 6.07) is 7.03. The molecule has 1 N–H and O–H groups in total. The van der Waals surface area contributed by atoms with Crippen LogP contribution in [0.15, 0.2) is 24.3 Å². The number of thiocarbonyl (C=S) groups is 1. The highest BCUT2D eigenvalue weighted by atomic mass is 32.1. The molecule has 0 aromatic heterocycles. The van der Waals surface area contributed by atoms with Gasteiger partial charge in [-0.2, -0.15) is 0 Å². The monoisotopic (exact) mass is 408 g/mol. The molecule has 1 heterocycles. The van der Waals surface area contributed by atoms with Gasteiger partial charge in [-0.15, -0.1) is 0 Å². The molecule has 154 valence electrons. The van der Waals surface area contributed by atoms with Gasteiger partial charge in [-0.05, 0) is 51.0 Å². The molecule has 0 unspecified atom stereocenters. The molecular formula is C20H28N2O5S. The quantitative estimate of drug-likeness (QED) is 0.402. The molecule has 1 aromatic carbocycles. The van der Waals surface area contributed by atoms with Crippen LogP contribution < -0.4 is 10.1 Å². The minimum absolute atomic E-state index is 0.103. The first-order valence-electron chi connectivity index (χ1n) is 9.63. The van der Waals surface area contributed by atoms with E-state index in [0.717, 1.165) is 0 Å². The third-order valence-corrected chi connectivity index (χ3v) is 4.80. The Morgan fingerprint density at radius 2 is 1.86 bits per heavy atom. The lowest BCUT2D eigenvalue weighted by atomic mass is 9.97. The maximum absolute atomic E-state index is 12.7. The summed E-state index contributed by atoms with van der Waals surface area (Å²) in [5.41, 5.74) is 0.419. The molecule has 7 nitrogen and oxygen atoms in total. The smallest absolute Gasteiger partial charge is 0.309 e. The summed E-state index contributed by atoms with van der Waals surface area (Å²) >= 11 is 5.39. The van der Waals surface area contributed by atoms with Crippen molar-refractivity contribution in [1.29, 1.82) is 0 Å². The van der Waals surface area contributed by atoms with E-state index in [4.69, 9.17) is 26.4 Å². The molecule has 0 spiro atoms. The summed E-state index contributed by atoms with van der Waals surface area (Å²) in [5, 5.41) is 3.13. The average Bonchev–Trinajstić information content (AvgIpc) is 2.71. The zero-order chi connectivity index (χ0) is 20.4. The standard InChI is InChI=1S/C20H28N2O5S/c1-3-25-13-14-27-17-8-6-5-7-16(17)18(23)21-20(28)22-11-9-15(10-12-22)19(24)26-4-2/h5-8,15H,3-4,9-14H2,1-2H3,(H,21,23,28). The number of para-hydroxylation sites is 1. The van der Waals surface area contributed by atoms with Gasteiger partial charge in [0.15, 0.2) is 5.11 Å². The largest absolute Gasteiger partial charge is 0.490 e. The van der Waals surface area contributed by atoms with Crippen molar-refractivity contribution in [3.63, 3.8) is 0 Å². The van der Waals surface area contributed by atoms with E-state index in [1.807, 2.05) is 17.9 Å².